The van der Waals surface area contributed by atoms with Crippen molar-refractivity contribution in [2.24, 2.45) is 0 Å². The molecule has 2 aromatic carbocycles. The Labute approximate surface area is 129 Å². The van der Waals surface area contributed by atoms with Crippen LogP contribution in [0.1, 0.15) is 18.1 Å². The predicted molar refractivity (Wildman–Crippen MR) is 91.0 cm³/mol. The number of allylic oxidation sites excluding steroid dienone is 1. The number of nitrogens with zero attached hydrogens (tertiary/aromatic N) is 2. The fourth-order valence-corrected chi connectivity index (χ4v) is 2.52. The zero-order valence-corrected chi connectivity index (χ0v) is 12.3. The van der Waals surface area contributed by atoms with E-state index in [2.05, 4.69) is 23.7 Å². The molecule has 0 amide bonds. The fourth-order valence-electron chi connectivity index (χ4n) is 2.52. The van der Waals surface area contributed by atoms with Gasteiger partial charge in [-0.1, -0.05) is 30.4 Å². The first kappa shape index (κ1) is 13.8. The van der Waals surface area contributed by atoms with Gasteiger partial charge in [-0.2, -0.15) is 5.26 Å². The van der Waals surface area contributed by atoms with Crippen LogP contribution in [-0.4, -0.2) is 4.98 Å². The topological polar surface area (TPSA) is 62.7 Å². The smallest absolute Gasteiger partial charge is 0.124 e. The molecule has 0 unspecified atom stereocenters. The summed E-state index contributed by atoms with van der Waals surface area (Å²) in [6, 6.07) is 17.6. The molecule has 2 N–H and O–H groups in total. The van der Waals surface area contributed by atoms with Gasteiger partial charge in [0.2, 0.25) is 0 Å². The van der Waals surface area contributed by atoms with Crippen molar-refractivity contribution in [3.05, 3.63) is 66.2 Å². The molecule has 0 bridgehead atoms. The van der Waals surface area contributed by atoms with Crippen LogP contribution in [0.3, 0.4) is 0 Å². The summed E-state index contributed by atoms with van der Waals surface area (Å²) in [5.41, 5.74) is 11.5. The minimum absolute atomic E-state index is 0.497. The molecule has 0 atom stereocenters. The van der Waals surface area contributed by atoms with Gasteiger partial charge >= 0.3 is 0 Å². The molecular weight excluding hydrogens is 270 g/mol. The second kappa shape index (κ2) is 5.34. The number of aromatic nitrogens is 1. The van der Waals surface area contributed by atoms with E-state index in [-0.39, 0.29) is 0 Å². The molecule has 0 spiro atoms. The molecule has 0 aliphatic rings. The lowest BCUT2D eigenvalue weighted by Crippen LogP contribution is -1.94. The zero-order valence-electron chi connectivity index (χ0n) is 12.3. The van der Waals surface area contributed by atoms with E-state index in [0.29, 0.717) is 11.4 Å². The molecule has 0 saturated carbocycles. The third-order valence-electron chi connectivity index (χ3n) is 3.64. The van der Waals surface area contributed by atoms with E-state index in [0.717, 1.165) is 33.2 Å². The number of hydrogen-bond donors (Lipinski definition) is 1. The molecule has 0 aliphatic heterocycles. The summed E-state index contributed by atoms with van der Waals surface area (Å²) >= 11 is 0. The normalized spacial score (nSPS) is 10.4. The van der Waals surface area contributed by atoms with Crippen molar-refractivity contribution in [3.8, 4) is 17.2 Å². The Bertz CT molecular complexity index is 916. The van der Waals surface area contributed by atoms with Gasteiger partial charge < -0.3 is 5.73 Å². The number of nitrogens with two attached hydrogens (primary N) is 1. The first-order valence-corrected chi connectivity index (χ1v) is 6.95. The lowest BCUT2D eigenvalue weighted by molar-refractivity contribution is 1.40. The molecular formula is C19H15N3. The van der Waals surface area contributed by atoms with Crippen LogP contribution in [0.15, 0.2) is 55.1 Å². The summed E-state index contributed by atoms with van der Waals surface area (Å²) in [6.07, 6.45) is 0. The molecule has 3 rings (SSSR count). The zero-order chi connectivity index (χ0) is 15.7. The molecule has 3 heteroatoms. The van der Waals surface area contributed by atoms with Crippen LogP contribution in [0.25, 0.3) is 27.6 Å². The number of nitriles is 1. The first-order chi connectivity index (χ1) is 10.6. The first-order valence-electron chi connectivity index (χ1n) is 6.95. The van der Waals surface area contributed by atoms with E-state index in [4.69, 9.17) is 11.0 Å². The molecule has 106 valence electrons. The summed E-state index contributed by atoms with van der Waals surface area (Å²) in [5.74, 6) is 0.497. The standard InChI is InChI=1S/C19H15N3/c1-12(2)16-10-19(21)22-18-8-7-15(9-17(16)18)14-5-3-13(11-20)4-6-14/h3-10H,1H2,2H3,(H2,21,22). The highest BCUT2D eigenvalue weighted by Gasteiger charge is 2.07. The van der Waals surface area contributed by atoms with E-state index >= 15 is 0 Å². The van der Waals surface area contributed by atoms with Crippen molar-refractivity contribution in [1.29, 1.82) is 5.26 Å². The minimum atomic E-state index is 0.497. The highest BCUT2D eigenvalue weighted by molar-refractivity contribution is 5.94. The van der Waals surface area contributed by atoms with Crippen molar-refractivity contribution in [1.82, 2.24) is 4.98 Å². The summed E-state index contributed by atoms with van der Waals surface area (Å²) in [7, 11) is 0. The maximum atomic E-state index is 8.88. The molecule has 22 heavy (non-hydrogen) atoms. The van der Waals surface area contributed by atoms with E-state index < -0.39 is 0 Å². The van der Waals surface area contributed by atoms with Gasteiger partial charge in [0, 0.05) is 5.39 Å². The largest absolute Gasteiger partial charge is 0.384 e. The van der Waals surface area contributed by atoms with E-state index in [1.807, 2.05) is 49.4 Å². The van der Waals surface area contributed by atoms with Crippen LogP contribution in [0, 0.1) is 11.3 Å². The maximum Gasteiger partial charge on any atom is 0.124 e. The van der Waals surface area contributed by atoms with Gasteiger partial charge in [0.15, 0.2) is 0 Å². The average molecular weight is 285 g/mol. The molecule has 3 nitrogen and oxygen atoms in total. The SMILES string of the molecule is C=C(C)c1cc(N)nc2ccc(-c3ccc(C#N)cc3)cc12. The van der Waals surface area contributed by atoms with Crippen molar-refractivity contribution in [2.45, 2.75) is 6.92 Å². The second-order valence-electron chi connectivity index (χ2n) is 5.30. The van der Waals surface area contributed by atoms with Gasteiger partial charge in [-0.05, 0) is 53.9 Å². The number of hydrogen-bond acceptors (Lipinski definition) is 3. The van der Waals surface area contributed by atoms with Crippen molar-refractivity contribution in [3.63, 3.8) is 0 Å². The number of nitrogen functional groups attached to an aromatic ring is 1. The average Bonchev–Trinajstić information content (AvgIpc) is 2.53. The van der Waals surface area contributed by atoms with Crippen molar-refractivity contribution < 1.29 is 0 Å². The van der Waals surface area contributed by atoms with E-state index in [1.54, 1.807) is 0 Å². The Morgan fingerprint density at radius 1 is 1.09 bits per heavy atom. The number of pyridine rings is 1. The Morgan fingerprint density at radius 2 is 1.77 bits per heavy atom. The van der Waals surface area contributed by atoms with Crippen LogP contribution in [0.4, 0.5) is 5.82 Å². The van der Waals surface area contributed by atoms with Crippen molar-refractivity contribution >= 4 is 22.3 Å². The highest BCUT2D eigenvalue weighted by atomic mass is 14.8. The summed E-state index contributed by atoms with van der Waals surface area (Å²) < 4.78 is 0. The van der Waals surface area contributed by atoms with Crippen LogP contribution in [0.2, 0.25) is 0 Å². The molecule has 0 radical (unpaired) electrons. The molecule has 1 aromatic heterocycles. The van der Waals surface area contributed by atoms with Crippen LogP contribution >= 0.6 is 0 Å². The van der Waals surface area contributed by atoms with Crippen LogP contribution in [-0.2, 0) is 0 Å². The fraction of sp³-hybridized carbons (Fsp3) is 0.0526. The summed E-state index contributed by atoms with van der Waals surface area (Å²) in [5, 5.41) is 9.92. The Balaban J connectivity index is 2.20. The van der Waals surface area contributed by atoms with Gasteiger partial charge in [0.1, 0.15) is 5.82 Å². The van der Waals surface area contributed by atoms with E-state index in [1.165, 1.54) is 0 Å². The van der Waals surface area contributed by atoms with Gasteiger partial charge in [0.25, 0.3) is 0 Å². The lowest BCUT2D eigenvalue weighted by atomic mass is 9.98. The maximum absolute atomic E-state index is 8.88. The Hall–Kier alpha value is -3.12. The molecule has 0 saturated heterocycles. The molecule has 3 aromatic rings. The summed E-state index contributed by atoms with van der Waals surface area (Å²) in [4.78, 5) is 4.37. The van der Waals surface area contributed by atoms with Gasteiger partial charge in [-0.15, -0.1) is 0 Å². The van der Waals surface area contributed by atoms with Gasteiger partial charge in [-0.25, -0.2) is 4.98 Å². The van der Waals surface area contributed by atoms with E-state index in [9.17, 15) is 0 Å². The molecule has 0 aliphatic carbocycles. The number of rotatable bonds is 2. The predicted octanol–water partition coefficient (Wildman–Crippen LogP) is 4.39. The van der Waals surface area contributed by atoms with Crippen LogP contribution in [0.5, 0.6) is 0 Å². The second-order valence-corrected chi connectivity index (χ2v) is 5.30. The molecule has 0 fully saturated rings. The van der Waals surface area contributed by atoms with Crippen LogP contribution < -0.4 is 5.73 Å². The lowest BCUT2D eigenvalue weighted by Gasteiger charge is -2.10. The third kappa shape index (κ3) is 2.43. The summed E-state index contributed by atoms with van der Waals surface area (Å²) in [6.45, 7) is 5.98. The number of fused-ring (bicyclic) bond motifs is 1. The third-order valence-corrected chi connectivity index (χ3v) is 3.64. The van der Waals surface area contributed by atoms with Gasteiger partial charge in [-0.3, -0.25) is 0 Å². The monoisotopic (exact) mass is 285 g/mol. The Kier molecular flexibility index (Phi) is 3.36. The number of benzene rings is 2. The highest BCUT2D eigenvalue weighted by Crippen LogP contribution is 2.29. The number of anilines is 1. The quantitative estimate of drug-likeness (QED) is 0.759. The molecule has 1 heterocycles. The van der Waals surface area contributed by atoms with Gasteiger partial charge in [0.05, 0.1) is 17.1 Å². The Morgan fingerprint density at radius 3 is 2.41 bits per heavy atom. The van der Waals surface area contributed by atoms with Crippen molar-refractivity contribution in [2.75, 3.05) is 5.73 Å². The minimum Gasteiger partial charge on any atom is -0.384 e.